The average molecular weight is 296 g/mol. The second-order valence-corrected chi connectivity index (χ2v) is 6.93. The van der Waals surface area contributed by atoms with Crippen LogP contribution in [0.15, 0.2) is 12.3 Å². The van der Waals surface area contributed by atoms with Gasteiger partial charge in [0, 0.05) is 22.5 Å². The molecule has 2 aromatic rings. The first-order valence-corrected chi connectivity index (χ1v) is 7.59. The van der Waals surface area contributed by atoms with E-state index < -0.39 is 5.97 Å². The Kier molecular flexibility index (Phi) is 4.34. The zero-order valence-electron chi connectivity index (χ0n) is 11.1. The molecule has 0 amide bonds. The normalized spacial score (nSPS) is 12.6. The highest BCUT2D eigenvalue weighted by Crippen LogP contribution is 2.23. The number of aromatic nitrogens is 1. The Morgan fingerprint density at radius 3 is 2.74 bits per heavy atom. The molecule has 2 aromatic heterocycles. The molecule has 0 radical (unpaired) electrons. The number of aryl methyl sites for hydroxylation is 2. The molecule has 0 aliphatic rings. The third-order valence-electron chi connectivity index (χ3n) is 2.84. The summed E-state index contributed by atoms with van der Waals surface area (Å²) in [5.41, 5.74) is 1.04. The summed E-state index contributed by atoms with van der Waals surface area (Å²) in [6, 6.07) is 1.92. The lowest BCUT2D eigenvalue weighted by Gasteiger charge is -2.10. The molecule has 1 unspecified atom stereocenters. The summed E-state index contributed by atoms with van der Waals surface area (Å²) in [4.78, 5) is 17.9. The van der Waals surface area contributed by atoms with Crippen LogP contribution in [0.25, 0.3) is 0 Å². The monoisotopic (exact) mass is 296 g/mol. The van der Waals surface area contributed by atoms with Crippen LogP contribution in [-0.2, 0) is 6.54 Å². The highest BCUT2D eigenvalue weighted by atomic mass is 32.1. The lowest BCUT2D eigenvalue weighted by Crippen LogP contribution is -2.17. The summed E-state index contributed by atoms with van der Waals surface area (Å²) < 4.78 is 0. The number of thiophene rings is 1. The molecule has 0 spiro atoms. The van der Waals surface area contributed by atoms with Gasteiger partial charge in [-0.15, -0.1) is 22.7 Å². The molecule has 19 heavy (non-hydrogen) atoms. The molecule has 0 saturated heterocycles. The van der Waals surface area contributed by atoms with Crippen molar-refractivity contribution in [1.82, 2.24) is 10.3 Å². The van der Waals surface area contributed by atoms with Gasteiger partial charge in [-0.2, -0.15) is 0 Å². The van der Waals surface area contributed by atoms with E-state index in [0.29, 0.717) is 11.4 Å². The van der Waals surface area contributed by atoms with Crippen molar-refractivity contribution in [2.75, 3.05) is 0 Å². The fourth-order valence-corrected chi connectivity index (χ4v) is 3.40. The van der Waals surface area contributed by atoms with Crippen molar-refractivity contribution >= 4 is 28.6 Å². The second-order valence-electron chi connectivity index (χ2n) is 4.41. The molecule has 0 aliphatic heterocycles. The Balaban J connectivity index is 2.00. The lowest BCUT2D eigenvalue weighted by molar-refractivity contribution is 0.0702. The molecule has 102 valence electrons. The van der Waals surface area contributed by atoms with Crippen molar-refractivity contribution in [3.05, 3.63) is 37.5 Å². The number of hydrogen-bond donors (Lipinski definition) is 2. The number of carboxylic acid groups (broad SMARTS) is 1. The molecule has 0 bridgehead atoms. The van der Waals surface area contributed by atoms with Gasteiger partial charge in [0.25, 0.3) is 0 Å². The van der Waals surface area contributed by atoms with Gasteiger partial charge >= 0.3 is 5.97 Å². The summed E-state index contributed by atoms with van der Waals surface area (Å²) in [7, 11) is 0. The number of nitrogens with zero attached hydrogens (tertiary/aromatic N) is 1. The Bertz CT molecular complexity index is 589. The molecule has 0 fully saturated rings. The number of aromatic carboxylic acids is 1. The minimum atomic E-state index is -0.858. The van der Waals surface area contributed by atoms with Gasteiger partial charge < -0.3 is 10.4 Å². The predicted molar refractivity (Wildman–Crippen MR) is 78.1 cm³/mol. The van der Waals surface area contributed by atoms with Crippen molar-refractivity contribution in [2.45, 2.75) is 33.4 Å². The fraction of sp³-hybridized carbons (Fsp3) is 0.385. The summed E-state index contributed by atoms with van der Waals surface area (Å²) in [5, 5.41) is 13.4. The van der Waals surface area contributed by atoms with Gasteiger partial charge in [-0.3, -0.25) is 0 Å². The molecule has 1 atom stereocenters. The van der Waals surface area contributed by atoms with Crippen molar-refractivity contribution in [1.29, 1.82) is 0 Å². The first-order chi connectivity index (χ1) is 8.97. The smallest absolute Gasteiger partial charge is 0.345 e. The molecular formula is C13H16N2O2S2. The Hall–Kier alpha value is -1.24. The number of carboxylic acids is 1. The van der Waals surface area contributed by atoms with Crippen molar-refractivity contribution in [3.8, 4) is 0 Å². The highest BCUT2D eigenvalue weighted by molar-refractivity contribution is 7.14. The zero-order valence-corrected chi connectivity index (χ0v) is 12.7. The molecule has 0 saturated carbocycles. The molecule has 2 heterocycles. The third kappa shape index (κ3) is 3.40. The molecule has 2 N–H and O–H groups in total. The first-order valence-electron chi connectivity index (χ1n) is 5.95. The van der Waals surface area contributed by atoms with E-state index in [9.17, 15) is 4.79 Å². The Labute approximate surface area is 120 Å². The van der Waals surface area contributed by atoms with Gasteiger partial charge in [0.15, 0.2) is 0 Å². The number of hydrogen-bond acceptors (Lipinski definition) is 5. The van der Waals surface area contributed by atoms with E-state index in [2.05, 4.69) is 17.2 Å². The minimum absolute atomic E-state index is 0.172. The van der Waals surface area contributed by atoms with Crippen LogP contribution in [0.4, 0.5) is 0 Å². The van der Waals surface area contributed by atoms with E-state index in [-0.39, 0.29) is 6.04 Å². The summed E-state index contributed by atoms with van der Waals surface area (Å²) in [6.45, 7) is 6.72. The van der Waals surface area contributed by atoms with Gasteiger partial charge in [0.1, 0.15) is 9.88 Å². The lowest BCUT2D eigenvalue weighted by atomic mass is 10.2. The summed E-state index contributed by atoms with van der Waals surface area (Å²) in [5.74, 6) is -0.858. The Morgan fingerprint density at radius 1 is 1.47 bits per heavy atom. The standard InChI is InChI=1S/C13H16N2O2S2/c1-7-5-15-12(18-7)8(2)14-6-10-4-11(13(16)17)19-9(10)3/h4-5,8,14H,6H2,1-3H3,(H,16,17). The van der Waals surface area contributed by atoms with E-state index in [1.165, 1.54) is 16.2 Å². The van der Waals surface area contributed by atoms with E-state index in [0.717, 1.165) is 15.4 Å². The van der Waals surface area contributed by atoms with E-state index in [4.69, 9.17) is 5.11 Å². The Morgan fingerprint density at radius 2 is 2.21 bits per heavy atom. The van der Waals surface area contributed by atoms with Crippen LogP contribution >= 0.6 is 22.7 Å². The molecule has 0 aromatic carbocycles. The maximum atomic E-state index is 10.9. The van der Waals surface area contributed by atoms with Gasteiger partial charge in [-0.1, -0.05) is 0 Å². The SMILES string of the molecule is Cc1cnc(C(C)NCc2cc(C(=O)O)sc2C)s1. The maximum absolute atomic E-state index is 10.9. The topological polar surface area (TPSA) is 62.2 Å². The fourth-order valence-electron chi connectivity index (χ4n) is 1.72. The summed E-state index contributed by atoms with van der Waals surface area (Å²) >= 11 is 3.00. The third-order valence-corrected chi connectivity index (χ3v) is 5.02. The van der Waals surface area contributed by atoms with E-state index >= 15 is 0 Å². The zero-order chi connectivity index (χ0) is 14.0. The number of rotatable bonds is 5. The highest BCUT2D eigenvalue weighted by Gasteiger charge is 2.13. The molecule has 0 aliphatic carbocycles. The number of nitrogens with one attached hydrogen (secondary N) is 1. The second kappa shape index (κ2) is 5.81. The van der Waals surface area contributed by atoms with Crippen LogP contribution in [0, 0.1) is 13.8 Å². The first kappa shape index (κ1) is 14.2. The minimum Gasteiger partial charge on any atom is -0.477 e. The van der Waals surface area contributed by atoms with Crippen molar-refractivity contribution < 1.29 is 9.90 Å². The van der Waals surface area contributed by atoms with Gasteiger partial charge in [-0.25, -0.2) is 9.78 Å². The van der Waals surface area contributed by atoms with Crippen LogP contribution in [0.5, 0.6) is 0 Å². The molecule has 6 heteroatoms. The van der Waals surface area contributed by atoms with Gasteiger partial charge in [0.2, 0.25) is 0 Å². The van der Waals surface area contributed by atoms with Gasteiger partial charge in [-0.05, 0) is 32.4 Å². The van der Waals surface area contributed by atoms with Gasteiger partial charge in [0.05, 0.1) is 6.04 Å². The van der Waals surface area contributed by atoms with Crippen LogP contribution in [0.1, 0.15) is 43.0 Å². The molecular weight excluding hydrogens is 280 g/mol. The van der Waals surface area contributed by atoms with Crippen LogP contribution in [0.2, 0.25) is 0 Å². The predicted octanol–water partition coefficient (Wildman–Crippen LogP) is 3.37. The largest absolute Gasteiger partial charge is 0.477 e. The van der Waals surface area contributed by atoms with E-state index in [1.807, 2.05) is 20.0 Å². The van der Waals surface area contributed by atoms with Crippen molar-refractivity contribution in [3.63, 3.8) is 0 Å². The van der Waals surface area contributed by atoms with Crippen LogP contribution < -0.4 is 5.32 Å². The van der Waals surface area contributed by atoms with E-state index in [1.54, 1.807) is 17.4 Å². The average Bonchev–Trinajstić information content (AvgIpc) is 2.93. The van der Waals surface area contributed by atoms with Crippen LogP contribution in [-0.4, -0.2) is 16.1 Å². The van der Waals surface area contributed by atoms with Crippen LogP contribution in [0.3, 0.4) is 0 Å². The number of thiazole rings is 1. The molecule has 4 nitrogen and oxygen atoms in total. The number of carbonyl (C=O) groups is 1. The maximum Gasteiger partial charge on any atom is 0.345 e. The van der Waals surface area contributed by atoms with Crippen molar-refractivity contribution in [2.24, 2.45) is 0 Å². The summed E-state index contributed by atoms with van der Waals surface area (Å²) in [6.07, 6.45) is 1.87. The molecule has 2 rings (SSSR count). The quantitative estimate of drug-likeness (QED) is 0.888.